The minimum Gasteiger partial charge on any atom is -0.465 e. The van der Waals surface area contributed by atoms with Gasteiger partial charge >= 0.3 is 12.3 Å². The van der Waals surface area contributed by atoms with Gasteiger partial charge in [0.2, 0.25) is 10.0 Å². The third-order valence-corrected chi connectivity index (χ3v) is 5.06. The van der Waals surface area contributed by atoms with Crippen LogP contribution in [-0.2, 0) is 19.6 Å². The lowest BCUT2D eigenvalue weighted by molar-refractivity contribution is -0.274. The van der Waals surface area contributed by atoms with E-state index in [0.29, 0.717) is 0 Å². The second kappa shape index (κ2) is 9.22. The molecule has 1 rings (SSSR count). The van der Waals surface area contributed by atoms with Gasteiger partial charge in [0.1, 0.15) is 11.8 Å². The number of hydrogen-bond donors (Lipinski definition) is 1. The van der Waals surface area contributed by atoms with E-state index in [1.54, 1.807) is 6.92 Å². The van der Waals surface area contributed by atoms with E-state index >= 15 is 0 Å². The Hall–Kier alpha value is -1.81. The number of benzene rings is 1. The molecule has 1 aromatic rings. The second-order valence-corrected chi connectivity index (χ2v) is 7.41. The third-order valence-electron chi connectivity index (χ3n) is 3.57. The van der Waals surface area contributed by atoms with Crippen LogP contribution in [0.2, 0.25) is 0 Å². The van der Waals surface area contributed by atoms with E-state index in [1.807, 2.05) is 13.8 Å². The maximum absolute atomic E-state index is 12.4. The normalized spacial score (nSPS) is 14.5. The number of hydrogen-bond acceptors (Lipinski definition) is 5. The molecule has 0 aliphatic carbocycles. The van der Waals surface area contributed by atoms with Gasteiger partial charge in [0.05, 0.1) is 11.5 Å². The Labute approximate surface area is 150 Å². The predicted octanol–water partition coefficient (Wildman–Crippen LogP) is 3.23. The molecule has 6 nitrogen and oxygen atoms in total. The molecule has 0 aromatic heterocycles. The summed E-state index contributed by atoms with van der Waals surface area (Å²) in [6.07, 6.45) is -3.89. The van der Waals surface area contributed by atoms with E-state index in [-0.39, 0.29) is 23.8 Å². The molecule has 0 aliphatic rings. The van der Waals surface area contributed by atoms with Gasteiger partial charge in [-0.2, -0.15) is 4.72 Å². The van der Waals surface area contributed by atoms with Gasteiger partial charge in [-0.1, -0.05) is 20.3 Å². The monoisotopic (exact) mass is 397 g/mol. The van der Waals surface area contributed by atoms with Gasteiger partial charge in [0.15, 0.2) is 0 Å². The molecule has 0 saturated carbocycles. The van der Waals surface area contributed by atoms with Crippen LogP contribution in [0.3, 0.4) is 0 Å². The summed E-state index contributed by atoms with van der Waals surface area (Å²) in [4.78, 5) is 11.7. The first-order valence-electron chi connectivity index (χ1n) is 8.03. The van der Waals surface area contributed by atoms with Crippen molar-refractivity contribution in [2.75, 3.05) is 6.61 Å². The number of alkyl halides is 3. The van der Waals surface area contributed by atoms with Crippen LogP contribution >= 0.6 is 0 Å². The zero-order chi connectivity index (χ0) is 20.0. The number of rotatable bonds is 9. The summed E-state index contributed by atoms with van der Waals surface area (Å²) in [5.74, 6) is -1.18. The van der Waals surface area contributed by atoms with Crippen molar-refractivity contribution in [3.05, 3.63) is 24.3 Å². The number of ether oxygens (including phenoxy) is 2. The van der Waals surface area contributed by atoms with Crippen molar-refractivity contribution in [1.82, 2.24) is 4.72 Å². The van der Waals surface area contributed by atoms with Gasteiger partial charge in [-0.25, -0.2) is 8.42 Å². The lowest BCUT2D eigenvalue weighted by Gasteiger charge is -2.20. The van der Waals surface area contributed by atoms with Crippen LogP contribution in [0.1, 0.15) is 33.6 Å². The molecular weight excluding hydrogens is 375 g/mol. The lowest BCUT2D eigenvalue weighted by atomic mass is 10.00. The summed E-state index contributed by atoms with van der Waals surface area (Å²) < 4.78 is 72.2. The molecule has 0 heterocycles. The van der Waals surface area contributed by atoms with Gasteiger partial charge < -0.3 is 9.47 Å². The highest BCUT2D eigenvalue weighted by atomic mass is 32.2. The van der Waals surface area contributed by atoms with E-state index < -0.39 is 34.1 Å². The number of sulfonamides is 1. The molecule has 1 aromatic carbocycles. The highest BCUT2D eigenvalue weighted by molar-refractivity contribution is 7.89. The number of nitrogens with one attached hydrogen (secondary N) is 1. The van der Waals surface area contributed by atoms with Crippen LogP contribution in [0, 0.1) is 5.92 Å². The predicted molar refractivity (Wildman–Crippen MR) is 87.9 cm³/mol. The summed E-state index contributed by atoms with van der Waals surface area (Å²) >= 11 is 0. The number of esters is 1. The van der Waals surface area contributed by atoms with E-state index in [9.17, 15) is 26.4 Å². The van der Waals surface area contributed by atoms with Crippen molar-refractivity contribution >= 4 is 16.0 Å². The Kier molecular flexibility index (Phi) is 7.88. The van der Waals surface area contributed by atoms with Gasteiger partial charge in [-0.3, -0.25) is 4.79 Å². The Morgan fingerprint density at radius 2 is 1.77 bits per heavy atom. The Bertz CT molecular complexity index is 689. The molecule has 1 N–H and O–H groups in total. The molecule has 1 unspecified atom stereocenters. The van der Waals surface area contributed by atoms with Gasteiger partial charge in [0, 0.05) is 0 Å². The summed E-state index contributed by atoms with van der Waals surface area (Å²) in [6, 6.07) is 2.62. The first-order chi connectivity index (χ1) is 12.0. The number of carbonyl (C=O) groups excluding carboxylic acids is 1. The molecule has 148 valence electrons. The summed E-state index contributed by atoms with van der Waals surface area (Å²) in [5, 5.41) is 0. The van der Waals surface area contributed by atoms with Crippen molar-refractivity contribution in [3.63, 3.8) is 0 Å². The van der Waals surface area contributed by atoms with Crippen LogP contribution < -0.4 is 9.46 Å². The zero-order valence-electron chi connectivity index (χ0n) is 14.7. The third kappa shape index (κ3) is 7.20. The van der Waals surface area contributed by atoms with Gasteiger partial charge in [-0.15, -0.1) is 13.2 Å². The maximum atomic E-state index is 12.4. The van der Waals surface area contributed by atoms with Crippen molar-refractivity contribution in [2.45, 2.75) is 50.9 Å². The Morgan fingerprint density at radius 1 is 1.19 bits per heavy atom. The summed E-state index contributed by atoms with van der Waals surface area (Å²) in [6.45, 7) is 5.47. The molecule has 0 saturated heterocycles. The van der Waals surface area contributed by atoms with Crippen LogP contribution in [0.15, 0.2) is 29.2 Å². The highest BCUT2D eigenvalue weighted by Gasteiger charge is 2.32. The number of carbonyl (C=O) groups is 1. The molecule has 10 heteroatoms. The summed E-state index contributed by atoms with van der Waals surface area (Å²) in [5.41, 5.74) is 0. The molecule has 2 atom stereocenters. The van der Waals surface area contributed by atoms with Crippen molar-refractivity contribution in [3.8, 4) is 5.75 Å². The van der Waals surface area contributed by atoms with Crippen LogP contribution in [-0.4, -0.2) is 33.4 Å². The van der Waals surface area contributed by atoms with Crippen LogP contribution in [0.4, 0.5) is 13.2 Å². The fourth-order valence-electron chi connectivity index (χ4n) is 2.08. The minimum absolute atomic E-state index is 0.0645. The maximum Gasteiger partial charge on any atom is 0.573 e. The topological polar surface area (TPSA) is 81.7 Å². The van der Waals surface area contributed by atoms with Crippen LogP contribution in [0.25, 0.3) is 0 Å². The van der Waals surface area contributed by atoms with Crippen molar-refractivity contribution in [2.24, 2.45) is 5.92 Å². The smallest absolute Gasteiger partial charge is 0.465 e. The zero-order valence-corrected chi connectivity index (χ0v) is 15.5. The summed E-state index contributed by atoms with van der Waals surface area (Å²) in [7, 11) is -4.12. The van der Waals surface area contributed by atoms with E-state index in [4.69, 9.17) is 4.74 Å². The molecular formula is C16H22F3NO5S. The molecule has 0 radical (unpaired) electrons. The average Bonchev–Trinajstić information content (AvgIpc) is 2.53. The standard InChI is InChI=1S/C16H22F3NO5S/c1-4-11(3)10-14(15(21)24-5-2)20-26(22,23)13-8-6-12(7-9-13)25-16(17,18)19/h6-9,11,14,20H,4-5,10H2,1-3H3/t11?,14-/m1/s1. The first-order valence-corrected chi connectivity index (χ1v) is 9.51. The van der Waals surface area contributed by atoms with E-state index in [1.165, 1.54) is 0 Å². The molecule has 0 amide bonds. The average molecular weight is 397 g/mol. The highest BCUT2D eigenvalue weighted by Crippen LogP contribution is 2.24. The largest absolute Gasteiger partial charge is 0.573 e. The second-order valence-electron chi connectivity index (χ2n) is 5.69. The quantitative estimate of drug-likeness (QED) is 0.647. The Balaban J connectivity index is 2.97. The SMILES string of the molecule is CCOC(=O)[C@@H](CC(C)CC)NS(=O)(=O)c1ccc(OC(F)(F)F)cc1. The van der Waals surface area contributed by atoms with E-state index in [2.05, 4.69) is 9.46 Å². The molecule has 0 fully saturated rings. The molecule has 0 aliphatic heterocycles. The fraction of sp³-hybridized carbons (Fsp3) is 0.562. The Morgan fingerprint density at radius 3 is 2.23 bits per heavy atom. The minimum atomic E-state index is -4.87. The van der Waals surface area contributed by atoms with Crippen molar-refractivity contribution < 1.29 is 35.9 Å². The molecule has 26 heavy (non-hydrogen) atoms. The van der Waals surface area contributed by atoms with Gasteiger partial charge in [0.25, 0.3) is 0 Å². The molecule has 0 spiro atoms. The van der Waals surface area contributed by atoms with E-state index in [0.717, 1.165) is 30.7 Å². The first kappa shape index (κ1) is 22.2. The number of halogens is 3. The fourth-order valence-corrected chi connectivity index (χ4v) is 3.28. The van der Waals surface area contributed by atoms with Crippen LogP contribution in [0.5, 0.6) is 5.75 Å². The van der Waals surface area contributed by atoms with Gasteiger partial charge in [-0.05, 0) is 43.5 Å². The lowest BCUT2D eigenvalue weighted by Crippen LogP contribution is -2.42. The van der Waals surface area contributed by atoms with Crippen molar-refractivity contribution in [1.29, 1.82) is 0 Å². The molecule has 0 bridgehead atoms.